The Morgan fingerprint density at radius 2 is 2.04 bits per heavy atom. The monoisotopic (exact) mass is 319 g/mol. The molecule has 1 aliphatic carbocycles. The standard InChI is InChI=1S/C16H21N3O4/c1-23-15-11-13(5-6-14(15)19(21)22)17-7-2-8-18(10-9-17)16(20)12-3-4-12/h5-6,11-12H,2-4,7-10H2,1H3. The Morgan fingerprint density at radius 3 is 2.70 bits per heavy atom. The molecule has 0 N–H and O–H groups in total. The second-order valence-corrected chi connectivity index (χ2v) is 6.05. The fourth-order valence-electron chi connectivity index (χ4n) is 3.00. The highest BCUT2D eigenvalue weighted by molar-refractivity contribution is 5.81. The van der Waals surface area contributed by atoms with Gasteiger partial charge in [0, 0.05) is 49.9 Å². The Bertz CT molecular complexity index is 615. The van der Waals surface area contributed by atoms with Crippen LogP contribution in [0.15, 0.2) is 18.2 Å². The Kier molecular flexibility index (Phi) is 4.36. The molecule has 1 aromatic rings. The zero-order valence-corrected chi connectivity index (χ0v) is 13.2. The number of hydrogen-bond donors (Lipinski definition) is 0. The molecule has 2 aliphatic rings. The maximum Gasteiger partial charge on any atom is 0.311 e. The van der Waals surface area contributed by atoms with Crippen LogP contribution in [0, 0.1) is 16.0 Å². The van der Waals surface area contributed by atoms with Gasteiger partial charge in [-0.25, -0.2) is 0 Å². The quantitative estimate of drug-likeness (QED) is 0.627. The van der Waals surface area contributed by atoms with Crippen molar-refractivity contribution >= 4 is 17.3 Å². The number of benzene rings is 1. The van der Waals surface area contributed by atoms with E-state index in [9.17, 15) is 14.9 Å². The molecule has 0 bridgehead atoms. The summed E-state index contributed by atoms with van der Waals surface area (Å²) in [4.78, 5) is 26.8. The largest absolute Gasteiger partial charge is 0.490 e. The van der Waals surface area contributed by atoms with Crippen molar-refractivity contribution in [1.29, 1.82) is 0 Å². The summed E-state index contributed by atoms with van der Waals surface area (Å²) in [5.41, 5.74) is 0.866. The summed E-state index contributed by atoms with van der Waals surface area (Å²) in [6, 6.07) is 4.93. The Labute approximate surface area is 135 Å². The zero-order chi connectivity index (χ0) is 16.4. The summed E-state index contributed by atoms with van der Waals surface area (Å²) in [5, 5.41) is 11.0. The first-order valence-electron chi connectivity index (χ1n) is 7.96. The molecule has 0 atom stereocenters. The second-order valence-electron chi connectivity index (χ2n) is 6.05. The predicted molar refractivity (Wildman–Crippen MR) is 85.8 cm³/mol. The van der Waals surface area contributed by atoms with Gasteiger partial charge in [0.1, 0.15) is 0 Å². The van der Waals surface area contributed by atoms with Crippen molar-refractivity contribution in [2.45, 2.75) is 19.3 Å². The molecule has 1 saturated carbocycles. The summed E-state index contributed by atoms with van der Waals surface area (Å²) < 4.78 is 5.14. The van der Waals surface area contributed by atoms with E-state index in [1.165, 1.54) is 13.2 Å². The molecule has 1 saturated heterocycles. The lowest BCUT2D eigenvalue weighted by Crippen LogP contribution is -2.36. The van der Waals surface area contributed by atoms with Crippen molar-refractivity contribution in [2.75, 3.05) is 38.2 Å². The molecule has 3 rings (SSSR count). The molecule has 0 radical (unpaired) electrons. The van der Waals surface area contributed by atoms with Crippen molar-refractivity contribution < 1.29 is 14.5 Å². The fourth-order valence-corrected chi connectivity index (χ4v) is 3.00. The minimum Gasteiger partial charge on any atom is -0.490 e. The normalized spacial score (nSPS) is 18.5. The summed E-state index contributed by atoms with van der Waals surface area (Å²) in [6.07, 6.45) is 2.95. The van der Waals surface area contributed by atoms with Gasteiger partial charge in [-0.1, -0.05) is 0 Å². The first-order chi connectivity index (χ1) is 11.1. The van der Waals surface area contributed by atoms with Crippen LogP contribution in [0.4, 0.5) is 11.4 Å². The third-order valence-electron chi connectivity index (χ3n) is 4.46. The van der Waals surface area contributed by atoms with E-state index in [0.29, 0.717) is 6.54 Å². The minimum atomic E-state index is -0.443. The van der Waals surface area contributed by atoms with Crippen molar-refractivity contribution in [2.24, 2.45) is 5.92 Å². The van der Waals surface area contributed by atoms with Crippen LogP contribution in [-0.2, 0) is 4.79 Å². The average molecular weight is 319 g/mol. The third kappa shape index (κ3) is 3.38. The predicted octanol–water partition coefficient (Wildman–Crippen LogP) is 2.05. The number of anilines is 1. The van der Waals surface area contributed by atoms with Crippen LogP contribution >= 0.6 is 0 Å². The average Bonchev–Trinajstić information content (AvgIpc) is 3.39. The topological polar surface area (TPSA) is 75.9 Å². The molecule has 124 valence electrons. The number of carbonyl (C=O) groups is 1. The minimum absolute atomic E-state index is 0.0309. The summed E-state index contributed by atoms with van der Waals surface area (Å²) in [7, 11) is 1.44. The third-order valence-corrected chi connectivity index (χ3v) is 4.46. The lowest BCUT2D eigenvalue weighted by Gasteiger charge is -2.24. The maximum absolute atomic E-state index is 12.2. The number of amides is 1. The van der Waals surface area contributed by atoms with Gasteiger partial charge < -0.3 is 14.5 Å². The van der Waals surface area contributed by atoms with E-state index in [0.717, 1.165) is 44.6 Å². The number of methoxy groups -OCH3 is 1. The van der Waals surface area contributed by atoms with Gasteiger partial charge in [0.15, 0.2) is 5.75 Å². The van der Waals surface area contributed by atoms with Crippen LogP contribution in [0.5, 0.6) is 5.75 Å². The molecule has 1 aromatic carbocycles. The van der Waals surface area contributed by atoms with Gasteiger partial charge >= 0.3 is 5.69 Å². The van der Waals surface area contributed by atoms with Gasteiger partial charge in [-0.3, -0.25) is 14.9 Å². The van der Waals surface area contributed by atoms with Crippen molar-refractivity contribution in [3.8, 4) is 5.75 Å². The van der Waals surface area contributed by atoms with Gasteiger partial charge in [-0.2, -0.15) is 0 Å². The van der Waals surface area contributed by atoms with E-state index in [2.05, 4.69) is 4.90 Å². The molecule has 1 heterocycles. The zero-order valence-electron chi connectivity index (χ0n) is 13.2. The van der Waals surface area contributed by atoms with Crippen LogP contribution in [0.3, 0.4) is 0 Å². The Balaban J connectivity index is 1.71. The number of carbonyl (C=O) groups excluding carboxylic acids is 1. The van der Waals surface area contributed by atoms with E-state index in [4.69, 9.17) is 4.74 Å². The molecule has 0 unspecified atom stereocenters. The highest BCUT2D eigenvalue weighted by atomic mass is 16.6. The lowest BCUT2D eigenvalue weighted by molar-refractivity contribution is -0.385. The Hall–Kier alpha value is -2.31. The van der Waals surface area contributed by atoms with Crippen LogP contribution in [-0.4, -0.2) is 49.0 Å². The molecular formula is C16H21N3O4. The summed E-state index contributed by atoms with van der Waals surface area (Å²) >= 11 is 0. The highest BCUT2D eigenvalue weighted by Gasteiger charge is 2.34. The first-order valence-corrected chi connectivity index (χ1v) is 7.96. The number of nitro benzene ring substituents is 1. The molecule has 7 heteroatoms. The number of rotatable bonds is 4. The van der Waals surface area contributed by atoms with Gasteiger partial charge in [-0.05, 0) is 25.3 Å². The summed E-state index contributed by atoms with van der Waals surface area (Å²) in [5.74, 6) is 0.803. The van der Waals surface area contributed by atoms with Crippen LogP contribution in [0.25, 0.3) is 0 Å². The van der Waals surface area contributed by atoms with Gasteiger partial charge in [-0.15, -0.1) is 0 Å². The van der Waals surface area contributed by atoms with Gasteiger partial charge in [0.25, 0.3) is 0 Å². The number of ether oxygens (including phenoxy) is 1. The molecule has 0 spiro atoms. The van der Waals surface area contributed by atoms with E-state index >= 15 is 0 Å². The molecule has 0 aromatic heterocycles. The lowest BCUT2D eigenvalue weighted by atomic mass is 10.2. The molecule has 23 heavy (non-hydrogen) atoms. The molecule has 1 amide bonds. The number of nitro groups is 1. The smallest absolute Gasteiger partial charge is 0.311 e. The van der Waals surface area contributed by atoms with Gasteiger partial charge in [0.05, 0.1) is 12.0 Å². The van der Waals surface area contributed by atoms with E-state index < -0.39 is 4.92 Å². The van der Waals surface area contributed by atoms with Crippen molar-refractivity contribution in [3.05, 3.63) is 28.3 Å². The maximum atomic E-state index is 12.2. The van der Waals surface area contributed by atoms with Crippen LogP contribution < -0.4 is 9.64 Å². The molecule has 1 aliphatic heterocycles. The second kappa shape index (κ2) is 6.44. The van der Waals surface area contributed by atoms with E-state index in [-0.39, 0.29) is 23.3 Å². The van der Waals surface area contributed by atoms with Gasteiger partial charge in [0.2, 0.25) is 5.91 Å². The first kappa shape index (κ1) is 15.6. The SMILES string of the molecule is COc1cc(N2CCCN(C(=O)C3CC3)CC2)ccc1[N+](=O)[O-]. The van der Waals surface area contributed by atoms with E-state index in [1.54, 1.807) is 12.1 Å². The Morgan fingerprint density at radius 1 is 1.26 bits per heavy atom. The molecule has 7 nitrogen and oxygen atoms in total. The molecule has 2 fully saturated rings. The number of hydrogen-bond acceptors (Lipinski definition) is 5. The van der Waals surface area contributed by atoms with Crippen LogP contribution in [0.2, 0.25) is 0 Å². The van der Waals surface area contributed by atoms with Crippen molar-refractivity contribution in [1.82, 2.24) is 4.90 Å². The van der Waals surface area contributed by atoms with Crippen LogP contribution in [0.1, 0.15) is 19.3 Å². The molecular weight excluding hydrogens is 298 g/mol. The van der Waals surface area contributed by atoms with E-state index in [1.807, 2.05) is 4.90 Å². The van der Waals surface area contributed by atoms with Crippen molar-refractivity contribution in [3.63, 3.8) is 0 Å². The summed E-state index contributed by atoms with van der Waals surface area (Å²) in [6.45, 7) is 3.05. The number of nitrogens with zero attached hydrogens (tertiary/aromatic N) is 3. The fraction of sp³-hybridized carbons (Fsp3) is 0.562. The highest BCUT2D eigenvalue weighted by Crippen LogP contribution is 2.33.